The average Bonchev–Trinajstić information content (AvgIpc) is 3.12. The molecule has 5 nitrogen and oxygen atoms in total. The van der Waals surface area contributed by atoms with Crippen molar-refractivity contribution in [2.45, 2.75) is 19.9 Å². The highest BCUT2D eigenvalue weighted by Crippen LogP contribution is 2.08. The summed E-state index contributed by atoms with van der Waals surface area (Å²) < 4.78 is 0. The van der Waals surface area contributed by atoms with Crippen LogP contribution in [0, 0.1) is 0 Å². The van der Waals surface area contributed by atoms with Gasteiger partial charge in [0.2, 0.25) is 0 Å². The molecule has 0 unspecified atom stereocenters. The fraction of sp³-hybridized carbons (Fsp3) is 0.368. The Bertz CT molecular complexity index is 695. The van der Waals surface area contributed by atoms with Crippen molar-refractivity contribution >= 4 is 23.2 Å². The van der Waals surface area contributed by atoms with Gasteiger partial charge >= 0.3 is 0 Å². The number of nitrogens with one attached hydrogen (secondary N) is 2. The zero-order valence-electron chi connectivity index (χ0n) is 15.1. The molecule has 1 amide bonds. The van der Waals surface area contributed by atoms with Gasteiger partial charge in [-0.05, 0) is 53.4 Å². The first-order valence-corrected chi connectivity index (χ1v) is 9.38. The van der Waals surface area contributed by atoms with E-state index in [2.05, 4.69) is 39.4 Å². The molecule has 2 aromatic rings. The molecule has 1 aromatic carbocycles. The molecule has 6 heteroatoms. The number of rotatable bonds is 7. The highest BCUT2D eigenvalue weighted by Gasteiger charge is 2.08. The third-order valence-corrected chi connectivity index (χ3v) is 4.36. The summed E-state index contributed by atoms with van der Waals surface area (Å²) >= 11 is 1.68. The zero-order chi connectivity index (χ0) is 18.1. The number of benzene rings is 1. The molecular formula is C19H26N4OS. The number of thiophene rings is 1. The van der Waals surface area contributed by atoms with E-state index in [0.717, 1.165) is 36.6 Å². The predicted molar refractivity (Wildman–Crippen MR) is 105 cm³/mol. The monoisotopic (exact) mass is 358 g/mol. The molecule has 0 aliphatic heterocycles. The van der Waals surface area contributed by atoms with Gasteiger partial charge in [-0.15, -0.1) is 0 Å². The van der Waals surface area contributed by atoms with Crippen LogP contribution in [0.15, 0.2) is 46.1 Å². The Morgan fingerprint density at radius 3 is 2.72 bits per heavy atom. The maximum absolute atomic E-state index is 12.0. The van der Waals surface area contributed by atoms with E-state index in [0.29, 0.717) is 6.54 Å². The predicted octanol–water partition coefficient (Wildman–Crippen LogP) is 2.75. The first kappa shape index (κ1) is 19.0. The number of carbonyl (C=O) groups is 1. The normalized spacial score (nSPS) is 11.2. The number of guanidine groups is 1. The van der Waals surface area contributed by atoms with E-state index in [9.17, 15) is 4.79 Å². The maximum atomic E-state index is 12.0. The number of amides is 1. The highest BCUT2D eigenvalue weighted by molar-refractivity contribution is 7.07. The lowest BCUT2D eigenvalue weighted by Crippen LogP contribution is -2.38. The van der Waals surface area contributed by atoms with Crippen molar-refractivity contribution in [2.75, 3.05) is 27.2 Å². The molecule has 0 saturated heterocycles. The molecule has 1 aromatic heterocycles. The number of nitrogens with zero attached hydrogens (tertiary/aromatic N) is 2. The minimum atomic E-state index is 0.0282. The van der Waals surface area contributed by atoms with Gasteiger partial charge in [0.25, 0.3) is 5.91 Å². The Morgan fingerprint density at radius 2 is 2.04 bits per heavy atom. The van der Waals surface area contributed by atoms with Crippen molar-refractivity contribution in [2.24, 2.45) is 4.99 Å². The van der Waals surface area contributed by atoms with Gasteiger partial charge in [-0.1, -0.05) is 12.1 Å². The molecule has 0 aliphatic rings. The topological polar surface area (TPSA) is 56.7 Å². The molecule has 2 rings (SSSR count). The SMILES string of the molecule is CCNC(=NCc1ccsc1)NCCc1cccc(C(=O)N(C)C)c1. The Morgan fingerprint density at radius 1 is 1.20 bits per heavy atom. The van der Waals surface area contributed by atoms with Gasteiger partial charge in [0.05, 0.1) is 6.54 Å². The summed E-state index contributed by atoms with van der Waals surface area (Å²) in [5.41, 5.74) is 3.08. The number of hydrogen-bond donors (Lipinski definition) is 2. The van der Waals surface area contributed by atoms with Crippen molar-refractivity contribution in [3.63, 3.8) is 0 Å². The first-order valence-electron chi connectivity index (χ1n) is 8.44. The molecule has 1 heterocycles. The molecule has 0 bridgehead atoms. The number of carbonyl (C=O) groups excluding carboxylic acids is 1. The minimum Gasteiger partial charge on any atom is -0.357 e. The number of hydrogen-bond acceptors (Lipinski definition) is 3. The summed E-state index contributed by atoms with van der Waals surface area (Å²) in [4.78, 5) is 18.2. The van der Waals surface area contributed by atoms with Gasteiger partial charge in [-0.25, -0.2) is 4.99 Å². The second-order valence-corrected chi connectivity index (χ2v) is 6.68. The molecule has 0 fully saturated rings. The summed E-state index contributed by atoms with van der Waals surface area (Å²) in [6.07, 6.45) is 0.831. The van der Waals surface area contributed by atoms with Crippen molar-refractivity contribution in [1.82, 2.24) is 15.5 Å². The second-order valence-electron chi connectivity index (χ2n) is 5.90. The van der Waals surface area contributed by atoms with E-state index in [4.69, 9.17) is 0 Å². The van der Waals surface area contributed by atoms with Crippen LogP contribution < -0.4 is 10.6 Å². The van der Waals surface area contributed by atoms with Gasteiger partial charge in [0.15, 0.2) is 5.96 Å². The molecular weight excluding hydrogens is 332 g/mol. The fourth-order valence-corrected chi connectivity index (χ4v) is 3.00. The Kier molecular flexibility index (Phi) is 7.47. The fourth-order valence-electron chi connectivity index (χ4n) is 2.34. The third-order valence-electron chi connectivity index (χ3n) is 3.63. The van der Waals surface area contributed by atoms with Crippen LogP contribution in [0.1, 0.15) is 28.4 Å². The summed E-state index contributed by atoms with van der Waals surface area (Å²) in [7, 11) is 3.53. The van der Waals surface area contributed by atoms with Crippen LogP contribution >= 0.6 is 11.3 Å². The summed E-state index contributed by atoms with van der Waals surface area (Å²) in [6.45, 7) is 4.31. The van der Waals surface area contributed by atoms with Crippen molar-refractivity contribution in [3.05, 3.63) is 57.8 Å². The lowest BCUT2D eigenvalue weighted by atomic mass is 10.1. The van der Waals surface area contributed by atoms with E-state index in [1.54, 1.807) is 30.3 Å². The van der Waals surface area contributed by atoms with Crippen LogP contribution in [0.4, 0.5) is 0 Å². The van der Waals surface area contributed by atoms with E-state index in [-0.39, 0.29) is 5.91 Å². The standard InChI is InChI=1S/C19H26N4OS/c1-4-20-19(22-13-16-9-11-25-14-16)21-10-8-15-6-5-7-17(12-15)18(24)23(2)3/h5-7,9,11-12,14H,4,8,10,13H2,1-3H3,(H2,20,21,22). The van der Waals surface area contributed by atoms with Crippen LogP contribution in [0.3, 0.4) is 0 Å². The second kappa shape index (κ2) is 9.84. The molecule has 0 saturated carbocycles. The average molecular weight is 359 g/mol. The van der Waals surface area contributed by atoms with Crippen LogP contribution in [0.25, 0.3) is 0 Å². The Labute approximate surface area is 153 Å². The quantitative estimate of drug-likeness (QED) is 0.591. The first-order chi connectivity index (χ1) is 12.1. The van der Waals surface area contributed by atoms with Gasteiger partial charge in [0.1, 0.15) is 0 Å². The summed E-state index contributed by atoms with van der Waals surface area (Å²) in [6, 6.07) is 9.88. The van der Waals surface area contributed by atoms with E-state index in [1.807, 2.05) is 24.3 Å². The largest absolute Gasteiger partial charge is 0.357 e. The Hall–Kier alpha value is -2.34. The van der Waals surface area contributed by atoms with Crippen molar-refractivity contribution < 1.29 is 4.79 Å². The molecule has 0 aliphatic carbocycles. The third kappa shape index (κ3) is 6.23. The van der Waals surface area contributed by atoms with Gasteiger partial charge in [0, 0.05) is 32.7 Å². The lowest BCUT2D eigenvalue weighted by Gasteiger charge is -2.13. The van der Waals surface area contributed by atoms with E-state index >= 15 is 0 Å². The van der Waals surface area contributed by atoms with Crippen LogP contribution in [0.5, 0.6) is 0 Å². The van der Waals surface area contributed by atoms with Crippen molar-refractivity contribution in [1.29, 1.82) is 0 Å². The van der Waals surface area contributed by atoms with Crippen molar-refractivity contribution in [3.8, 4) is 0 Å². The minimum absolute atomic E-state index is 0.0282. The highest BCUT2D eigenvalue weighted by atomic mass is 32.1. The van der Waals surface area contributed by atoms with Crippen LogP contribution in [-0.4, -0.2) is 44.0 Å². The molecule has 25 heavy (non-hydrogen) atoms. The number of aliphatic imine (C=N–C) groups is 1. The van der Waals surface area contributed by atoms with E-state index in [1.165, 1.54) is 5.56 Å². The summed E-state index contributed by atoms with van der Waals surface area (Å²) in [5.74, 6) is 0.842. The smallest absolute Gasteiger partial charge is 0.253 e. The Balaban J connectivity index is 1.90. The van der Waals surface area contributed by atoms with E-state index < -0.39 is 0 Å². The van der Waals surface area contributed by atoms with Crippen LogP contribution in [0.2, 0.25) is 0 Å². The summed E-state index contributed by atoms with van der Waals surface area (Å²) in [5, 5.41) is 10.8. The molecule has 0 spiro atoms. The molecule has 134 valence electrons. The van der Waals surface area contributed by atoms with Gasteiger partial charge in [-0.2, -0.15) is 11.3 Å². The maximum Gasteiger partial charge on any atom is 0.253 e. The van der Waals surface area contributed by atoms with Crippen LogP contribution in [-0.2, 0) is 13.0 Å². The zero-order valence-corrected chi connectivity index (χ0v) is 15.9. The molecule has 0 radical (unpaired) electrons. The molecule has 2 N–H and O–H groups in total. The van der Waals surface area contributed by atoms with Gasteiger partial charge < -0.3 is 15.5 Å². The van der Waals surface area contributed by atoms with Gasteiger partial charge in [-0.3, -0.25) is 4.79 Å². The molecule has 0 atom stereocenters. The lowest BCUT2D eigenvalue weighted by molar-refractivity contribution is 0.0827.